The molecular weight excluding hydrogens is 468 g/mol. The van der Waals surface area contributed by atoms with Gasteiger partial charge in [-0.1, -0.05) is 28.9 Å². The molecule has 1 amide bonds. The number of carbonyl (C=O) groups is 1. The van der Waals surface area contributed by atoms with Crippen LogP contribution in [0.25, 0.3) is 0 Å². The fraction of sp³-hybridized carbons (Fsp3) is 0.240. The van der Waals surface area contributed by atoms with E-state index in [-0.39, 0.29) is 30.3 Å². The van der Waals surface area contributed by atoms with Crippen LogP contribution in [0.2, 0.25) is 5.02 Å². The Morgan fingerprint density at radius 1 is 1.11 bits per heavy atom. The number of nitrogens with one attached hydrogen (secondary N) is 2. The van der Waals surface area contributed by atoms with Crippen molar-refractivity contribution in [1.29, 1.82) is 0 Å². The van der Waals surface area contributed by atoms with Crippen LogP contribution in [0.3, 0.4) is 0 Å². The molecule has 0 aliphatic rings. The summed E-state index contributed by atoms with van der Waals surface area (Å²) in [4.78, 5) is 25.3. The monoisotopic (exact) mass is 492 g/mol. The second-order valence-corrected chi connectivity index (χ2v) is 8.49. The van der Waals surface area contributed by atoms with Gasteiger partial charge in [0.2, 0.25) is 0 Å². The van der Waals surface area contributed by atoms with E-state index in [0.29, 0.717) is 23.1 Å². The van der Waals surface area contributed by atoms with Crippen molar-refractivity contribution in [2.75, 3.05) is 5.32 Å². The molecule has 0 fully saturated rings. The highest BCUT2D eigenvalue weighted by Gasteiger charge is 2.14. The van der Waals surface area contributed by atoms with E-state index >= 15 is 0 Å². The molecule has 9 nitrogen and oxygen atoms in total. The molecule has 4 rings (SSSR count). The van der Waals surface area contributed by atoms with Gasteiger partial charge >= 0.3 is 6.01 Å². The van der Waals surface area contributed by atoms with Crippen molar-refractivity contribution in [3.63, 3.8) is 0 Å². The third-order valence-corrected chi connectivity index (χ3v) is 5.33. The Labute approximate surface area is 207 Å². The number of rotatable bonds is 9. The van der Waals surface area contributed by atoms with Crippen LogP contribution in [0.15, 0.2) is 59.3 Å². The van der Waals surface area contributed by atoms with Gasteiger partial charge in [0.1, 0.15) is 5.82 Å². The molecule has 10 heteroatoms. The summed E-state index contributed by atoms with van der Waals surface area (Å²) in [6, 6.07) is 14.9. The Morgan fingerprint density at radius 3 is 2.77 bits per heavy atom. The average Bonchev–Trinajstić information content (AvgIpc) is 3.30. The van der Waals surface area contributed by atoms with Crippen molar-refractivity contribution in [3.05, 3.63) is 93.7 Å². The number of aryl methyl sites for hydroxylation is 2. The largest absolute Gasteiger partial charge is 0.455 e. The quantitative estimate of drug-likeness (QED) is 0.342. The summed E-state index contributed by atoms with van der Waals surface area (Å²) in [5.74, 6) is 0.647. The predicted molar refractivity (Wildman–Crippen MR) is 131 cm³/mol. The van der Waals surface area contributed by atoms with E-state index in [9.17, 15) is 4.79 Å². The molecular formula is C25H25ClN6O3. The van der Waals surface area contributed by atoms with Gasteiger partial charge in [-0.2, -0.15) is 4.98 Å². The highest BCUT2D eigenvalue weighted by Crippen LogP contribution is 2.22. The van der Waals surface area contributed by atoms with Crippen LogP contribution >= 0.6 is 11.6 Å². The first kappa shape index (κ1) is 24.2. The molecule has 0 aliphatic heterocycles. The molecule has 1 aromatic carbocycles. The van der Waals surface area contributed by atoms with Crippen LogP contribution in [0.5, 0.6) is 6.01 Å². The molecule has 3 aromatic heterocycles. The highest BCUT2D eigenvalue weighted by molar-refractivity contribution is 6.30. The van der Waals surface area contributed by atoms with Gasteiger partial charge in [0.25, 0.3) is 5.91 Å². The number of amides is 1. The number of anilines is 1. The summed E-state index contributed by atoms with van der Waals surface area (Å²) < 4.78 is 10.9. The summed E-state index contributed by atoms with van der Waals surface area (Å²) in [7, 11) is 0. The standard InChI is InChI=1S/C25H25ClN6O3/c1-15-9-18(7-8-27-15)13-28-24(33)22-12-21(35-32-22)14-34-25-29-16(2)10-23(31-25)30-17(3)19-5-4-6-20(26)11-19/h4-12,17H,13-14H2,1-3H3,(H,28,33)(H,29,30,31). The van der Waals surface area contributed by atoms with Crippen LogP contribution in [0.4, 0.5) is 5.82 Å². The average molecular weight is 493 g/mol. The highest BCUT2D eigenvalue weighted by atomic mass is 35.5. The number of halogens is 1. The number of benzene rings is 1. The maximum atomic E-state index is 12.4. The first-order valence-electron chi connectivity index (χ1n) is 11.0. The Bertz CT molecular complexity index is 1330. The number of carbonyl (C=O) groups excluding carboxylic acids is 1. The smallest absolute Gasteiger partial charge is 0.319 e. The number of nitrogens with zero attached hydrogens (tertiary/aromatic N) is 4. The van der Waals surface area contributed by atoms with Crippen LogP contribution < -0.4 is 15.4 Å². The van der Waals surface area contributed by atoms with Crippen LogP contribution in [-0.4, -0.2) is 26.0 Å². The van der Waals surface area contributed by atoms with E-state index in [1.54, 1.807) is 6.20 Å². The number of pyridine rings is 1. The summed E-state index contributed by atoms with van der Waals surface area (Å²) in [5, 5.41) is 10.6. The third-order valence-electron chi connectivity index (χ3n) is 5.10. The minimum Gasteiger partial charge on any atom is -0.455 e. The van der Waals surface area contributed by atoms with Crippen molar-refractivity contribution < 1.29 is 14.1 Å². The third kappa shape index (κ3) is 6.77. The molecule has 0 saturated carbocycles. The maximum absolute atomic E-state index is 12.4. The van der Waals surface area contributed by atoms with Gasteiger partial charge in [0, 0.05) is 47.3 Å². The van der Waals surface area contributed by atoms with E-state index in [4.69, 9.17) is 20.9 Å². The van der Waals surface area contributed by atoms with Crippen LogP contribution in [-0.2, 0) is 13.2 Å². The topological polar surface area (TPSA) is 115 Å². The summed E-state index contributed by atoms with van der Waals surface area (Å²) in [5.41, 5.74) is 3.76. The lowest BCUT2D eigenvalue weighted by Gasteiger charge is -2.16. The number of hydrogen-bond donors (Lipinski definition) is 2. The fourth-order valence-corrected chi connectivity index (χ4v) is 3.57. The normalized spacial score (nSPS) is 11.7. The van der Waals surface area contributed by atoms with Crippen molar-refractivity contribution in [3.8, 4) is 6.01 Å². The molecule has 0 radical (unpaired) electrons. The van der Waals surface area contributed by atoms with Crippen molar-refractivity contribution >= 4 is 23.3 Å². The molecule has 3 heterocycles. The predicted octanol–water partition coefficient (Wildman–Crippen LogP) is 4.81. The van der Waals surface area contributed by atoms with Gasteiger partial charge in [-0.25, -0.2) is 4.98 Å². The maximum Gasteiger partial charge on any atom is 0.319 e. The van der Waals surface area contributed by atoms with E-state index in [2.05, 4.69) is 30.7 Å². The van der Waals surface area contributed by atoms with Gasteiger partial charge in [0.15, 0.2) is 18.1 Å². The summed E-state index contributed by atoms with van der Waals surface area (Å²) >= 11 is 6.10. The molecule has 0 bridgehead atoms. The van der Waals surface area contributed by atoms with E-state index in [1.165, 1.54) is 6.07 Å². The fourth-order valence-electron chi connectivity index (χ4n) is 3.37. The second kappa shape index (κ2) is 11.0. The van der Waals surface area contributed by atoms with Crippen LogP contribution in [0, 0.1) is 13.8 Å². The molecule has 1 unspecified atom stereocenters. The Hall–Kier alpha value is -3.98. The zero-order chi connectivity index (χ0) is 24.8. The lowest BCUT2D eigenvalue weighted by atomic mass is 10.1. The lowest BCUT2D eigenvalue weighted by molar-refractivity contribution is 0.0941. The molecule has 2 N–H and O–H groups in total. The first-order chi connectivity index (χ1) is 16.9. The van der Waals surface area contributed by atoms with Crippen molar-refractivity contribution in [1.82, 2.24) is 25.4 Å². The number of aromatic nitrogens is 4. The Balaban J connectivity index is 1.34. The van der Waals surface area contributed by atoms with E-state index < -0.39 is 0 Å². The minimum atomic E-state index is -0.345. The van der Waals surface area contributed by atoms with E-state index in [1.807, 2.05) is 63.2 Å². The second-order valence-electron chi connectivity index (χ2n) is 8.05. The first-order valence-corrected chi connectivity index (χ1v) is 11.4. The van der Waals surface area contributed by atoms with Crippen LogP contribution in [0.1, 0.15) is 51.7 Å². The molecule has 35 heavy (non-hydrogen) atoms. The van der Waals surface area contributed by atoms with Gasteiger partial charge in [-0.15, -0.1) is 0 Å². The summed E-state index contributed by atoms with van der Waals surface area (Å²) in [6.45, 7) is 6.15. The van der Waals surface area contributed by atoms with Gasteiger partial charge in [-0.3, -0.25) is 9.78 Å². The van der Waals surface area contributed by atoms with E-state index in [0.717, 1.165) is 22.5 Å². The molecule has 180 valence electrons. The number of hydrogen-bond acceptors (Lipinski definition) is 8. The minimum absolute atomic E-state index is 0.0244. The molecule has 0 saturated heterocycles. The lowest BCUT2D eigenvalue weighted by Crippen LogP contribution is -2.23. The van der Waals surface area contributed by atoms with Gasteiger partial charge in [0.05, 0.1) is 0 Å². The Kier molecular flexibility index (Phi) is 7.57. The SMILES string of the molecule is Cc1cc(CNC(=O)c2cc(COc3nc(C)cc(NC(C)c4cccc(Cl)c4)n3)on2)ccn1. The number of ether oxygens (including phenoxy) is 1. The van der Waals surface area contributed by atoms with Gasteiger partial charge in [-0.05, 0) is 56.2 Å². The zero-order valence-electron chi connectivity index (χ0n) is 19.6. The molecule has 0 spiro atoms. The Morgan fingerprint density at radius 2 is 1.97 bits per heavy atom. The molecule has 0 aliphatic carbocycles. The van der Waals surface area contributed by atoms with Gasteiger partial charge < -0.3 is 19.9 Å². The molecule has 4 aromatic rings. The molecule has 1 atom stereocenters. The zero-order valence-corrected chi connectivity index (χ0v) is 20.3. The van der Waals surface area contributed by atoms with Crippen molar-refractivity contribution in [2.45, 2.75) is 40.0 Å². The summed E-state index contributed by atoms with van der Waals surface area (Å²) in [6.07, 6.45) is 1.70. The van der Waals surface area contributed by atoms with Crippen molar-refractivity contribution in [2.24, 2.45) is 0 Å².